The molecule has 0 aromatic carbocycles. The normalized spacial score (nSPS) is 21.9. The molecule has 1 rings (SSSR count). The maximum Gasteiger partial charge on any atom is 0.410 e. The van der Waals surface area contributed by atoms with E-state index in [4.69, 9.17) is 4.74 Å². The number of amides is 1. The molecular formula is C13H24N2O3. The summed E-state index contributed by atoms with van der Waals surface area (Å²) >= 11 is 0. The van der Waals surface area contributed by atoms with Crippen LogP contribution in [0.4, 0.5) is 4.79 Å². The van der Waals surface area contributed by atoms with Crippen molar-refractivity contribution in [3.8, 4) is 0 Å². The minimum absolute atomic E-state index is 0.0206. The number of hydrogen-bond donors (Lipinski definition) is 0. The van der Waals surface area contributed by atoms with Gasteiger partial charge in [-0.15, -0.1) is 0 Å². The molecule has 0 spiro atoms. The molecule has 2 unspecified atom stereocenters. The van der Waals surface area contributed by atoms with E-state index >= 15 is 0 Å². The lowest BCUT2D eigenvalue weighted by atomic mass is 10.0. The molecule has 1 saturated heterocycles. The quantitative estimate of drug-likeness (QED) is 0.561. The van der Waals surface area contributed by atoms with Gasteiger partial charge < -0.3 is 14.5 Å². The molecule has 2 atom stereocenters. The molecule has 1 aliphatic rings. The van der Waals surface area contributed by atoms with Crippen LogP contribution in [-0.4, -0.2) is 43.0 Å². The van der Waals surface area contributed by atoms with E-state index in [-0.39, 0.29) is 18.2 Å². The van der Waals surface area contributed by atoms with Crippen molar-refractivity contribution in [3.63, 3.8) is 0 Å². The van der Waals surface area contributed by atoms with Crippen molar-refractivity contribution in [2.24, 2.45) is 5.16 Å². The molecule has 1 amide bonds. The van der Waals surface area contributed by atoms with Crippen LogP contribution >= 0.6 is 0 Å². The highest BCUT2D eigenvalue weighted by Crippen LogP contribution is 2.20. The molecule has 0 saturated carbocycles. The summed E-state index contributed by atoms with van der Waals surface area (Å²) < 4.78 is 5.39. The smallest absolute Gasteiger partial charge is 0.410 e. The third kappa shape index (κ3) is 4.55. The van der Waals surface area contributed by atoms with E-state index < -0.39 is 0 Å². The van der Waals surface area contributed by atoms with Crippen molar-refractivity contribution >= 4 is 12.3 Å². The van der Waals surface area contributed by atoms with Gasteiger partial charge in [0.05, 0.1) is 0 Å². The van der Waals surface area contributed by atoms with Gasteiger partial charge in [-0.25, -0.2) is 4.79 Å². The summed E-state index contributed by atoms with van der Waals surface area (Å²) in [6.07, 6.45) is 6.28. The van der Waals surface area contributed by atoms with Gasteiger partial charge in [-0.1, -0.05) is 12.1 Å². The average molecular weight is 256 g/mol. The van der Waals surface area contributed by atoms with Crippen LogP contribution < -0.4 is 0 Å². The maximum absolute atomic E-state index is 12.0. The second-order valence-corrected chi connectivity index (χ2v) is 4.65. The number of carbonyl (C=O) groups excluding carboxylic acids is 1. The summed E-state index contributed by atoms with van der Waals surface area (Å²) in [5, 5.41) is 3.73. The van der Waals surface area contributed by atoms with Crippen molar-refractivity contribution in [3.05, 3.63) is 0 Å². The zero-order valence-corrected chi connectivity index (χ0v) is 11.6. The van der Waals surface area contributed by atoms with Crippen molar-refractivity contribution < 1.29 is 14.4 Å². The Bertz CT molecular complexity index is 281. The molecule has 0 bridgehead atoms. The van der Waals surface area contributed by atoms with Crippen LogP contribution in [0.5, 0.6) is 0 Å². The van der Waals surface area contributed by atoms with E-state index in [1.807, 2.05) is 18.7 Å². The Hall–Kier alpha value is -1.26. The summed E-state index contributed by atoms with van der Waals surface area (Å²) in [4.78, 5) is 18.5. The van der Waals surface area contributed by atoms with Crippen LogP contribution in [0.15, 0.2) is 5.16 Å². The lowest BCUT2D eigenvalue weighted by Gasteiger charge is -2.34. The minimum Gasteiger partial charge on any atom is -0.446 e. The van der Waals surface area contributed by atoms with E-state index in [0.29, 0.717) is 0 Å². The third-order valence-corrected chi connectivity index (χ3v) is 3.30. The predicted molar refractivity (Wildman–Crippen MR) is 70.7 cm³/mol. The molecule has 1 fully saturated rings. The van der Waals surface area contributed by atoms with E-state index in [1.54, 1.807) is 6.21 Å². The molecule has 5 nitrogen and oxygen atoms in total. The fourth-order valence-corrected chi connectivity index (χ4v) is 2.05. The van der Waals surface area contributed by atoms with Crippen LogP contribution in [0.2, 0.25) is 0 Å². The van der Waals surface area contributed by atoms with Crippen molar-refractivity contribution in [1.29, 1.82) is 0 Å². The van der Waals surface area contributed by atoms with E-state index in [1.165, 1.54) is 7.11 Å². The number of oxime groups is 1. The topological polar surface area (TPSA) is 51.1 Å². The lowest BCUT2D eigenvalue weighted by molar-refractivity contribution is 0.0475. The summed E-state index contributed by atoms with van der Waals surface area (Å²) in [6.45, 7) is 4.71. The first kappa shape index (κ1) is 14.8. The van der Waals surface area contributed by atoms with Gasteiger partial charge in [-0.05, 0) is 32.6 Å². The Kier molecular flexibility index (Phi) is 6.54. The van der Waals surface area contributed by atoms with Crippen LogP contribution in [0.25, 0.3) is 0 Å². The molecule has 1 aliphatic heterocycles. The molecule has 5 heteroatoms. The van der Waals surface area contributed by atoms with Crippen LogP contribution in [0.3, 0.4) is 0 Å². The minimum atomic E-state index is -0.195. The lowest BCUT2D eigenvalue weighted by Crippen LogP contribution is -2.45. The summed E-state index contributed by atoms with van der Waals surface area (Å²) in [5.74, 6) is 0. The fourth-order valence-electron chi connectivity index (χ4n) is 2.05. The van der Waals surface area contributed by atoms with Crippen LogP contribution in [0, 0.1) is 0 Å². The third-order valence-electron chi connectivity index (χ3n) is 3.30. The van der Waals surface area contributed by atoms with E-state index in [9.17, 15) is 4.79 Å². The number of piperidine rings is 1. The predicted octanol–water partition coefficient (Wildman–Crippen LogP) is 2.80. The first-order chi connectivity index (χ1) is 8.69. The van der Waals surface area contributed by atoms with Gasteiger partial charge in [0.15, 0.2) is 0 Å². The monoisotopic (exact) mass is 256 g/mol. The summed E-state index contributed by atoms with van der Waals surface area (Å²) in [6, 6.07) is 0.189. The molecule has 0 aromatic heterocycles. The summed E-state index contributed by atoms with van der Waals surface area (Å²) in [7, 11) is 1.52. The Morgan fingerprint density at radius 3 is 3.00 bits per heavy atom. The van der Waals surface area contributed by atoms with Crippen LogP contribution in [-0.2, 0) is 9.57 Å². The fraction of sp³-hybridized carbons (Fsp3) is 0.846. The second kappa shape index (κ2) is 7.95. The Morgan fingerprint density at radius 1 is 1.56 bits per heavy atom. The highest BCUT2D eigenvalue weighted by atomic mass is 16.6. The number of carbonyl (C=O) groups is 1. The van der Waals surface area contributed by atoms with Gasteiger partial charge >= 0.3 is 6.09 Å². The molecule has 104 valence electrons. The second-order valence-electron chi connectivity index (χ2n) is 4.65. The number of hydrogen-bond acceptors (Lipinski definition) is 4. The molecule has 0 radical (unpaired) electrons. The maximum atomic E-state index is 12.0. The van der Waals surface area contributed by atoms with Gasteiger partial charge in [-0.3, -0.25) is 0 Å². The van der Waals surface area contributed by atoms with Gasteiger partial charge in [0.25, 0.3) is 0 Å². The number of nitrogens with zero attached hydrogens (tertiary/aromatic N) is 2. The van der Waals surface area contributed by atoms with Gasteiger partial charge in [0.1, 0.15) is 13.2 Å². The number of ether oxygens (including phenoxy) is 1. The Balaban J connectivity index is 2.52. The molecule has 0 N–H and O–H groups in total. The Labute approximate surface area is 109 Å². The van der Waals surface area contributed by atoms with Gasteiger partial charge in [0.2, 0.25) is 0 Å². The highest BCUT2D eigenvalue weighted by molar-refractivity contribution is 5.69. The zero-order valence-electron chi connectivity index (χ0n) is 11.6. The summed E-state index contributed by atoms with van der Waals surface area (Å²) in [5.41, 5.74) is 0. The van der Waals surface area contributed by atoms with Crippen molar-refractivity contribution in [2.45, 2.75) is 58.1 Å². The largest absolute Gasteiger partial charge is 0.446 e. The number of rotatable bonds is 5. The molecular weight excluding hydrogens is 232 g/mol. The SMILES string of the molecule is CCC(C)OC(=O)N1CCCCC1C/C=N/OC. The number of likely N-dealkylation sites (tertiary alicyclic amines) is 1. The van der Waals surface area contributed by atoms with E-state index in [0.717, 1.165) is 38.6 Å². The molecule has 0 aliphatic carbocycles. The molecule has 18 heavy (non-hydrogen) atoms. The molecule has 1 heterocycles. The van der Waals surface area contributed by atoms with Gasteiger partial charge in [0, 0.05) is 25.2 Å². The first-order valence-electron chi connectivity index (χ1n) is 6.71. The Morgan fingerprint density at radius 2 is 2.33 bits per heavy atom. The first-order valence-corrected chi connectivity index (χ1v) is 6.71. The van der Waals surface area contributed by atoms with Crippen LogP contribution in [0.1, 0.15) is 46.0 Å². The van der Waals surface area contributed by atoms with Crippen molar-refractivity contribution in [1.82, 2.24) is 4.90 Å². The molecule has 0 aromatic rings. The van der Waals surface area contributed by atoms with Gasteiger partial charge in [-0.2, -0.15) is 0 Å². The highest BCUT2D eigenvalue weighted by Gasteiger charge is 2.27. The zero-order chi connectivity index (χ0) is 13.4. The van der Waals surface area contributed by atoms with Crippen molar-refractivity contribution in [2.75, 3.05) is 13.7 Å². The average Bonchev–Trinajstić information content (AvgIpc) is 2.39. The standard InChI is InChI=1S/C13H24N2O3/c1-4-11(2)18-13(16)15-10-6-5-7-12(15)8-9-14-17-3/h9,11-12H,4-8,10H2,1-3H3/b14-9+. The van der Waals surface area contributed by atoms with E-state index in [2.05, 4.69) is 9.99 Å².